The molecule has 1 aliphatic rings. The molecule has 10 heteroatoms. The van der Waals surface area contributed by atoms with E-state index in [1.165, 1.54) is 6.20 Å². The first-order valence-corrected chi connectivity index (χ1v) is 11.4. The number of likely N-dealkylation sites (N-methyl/N-ethyl adjacent to an activating group) is 1. The third-order valence-corrected chi connectivity index (χ3v) is 6.92. The van der Waals surface area contributed by atoms with Crippen molar-refractivity contribution in [3.05, 3.63) is 36.9 Å². The van der Waals surface area contributed by atoms with Crippen molar-refractivity contribution in [2.45, 2.75) is 43.7 Å². The molecule has 0 radical (unpaired) electrons. The maximum absolute atomic E-state index is 12.5. The van der Waals surface area contributed by atoms with Crippen LogP contribution in [0.15, 0.2) is 41.8 Å². The number of hydrogen-bond donors (Lipinski definition) is 2. The molecule has 3 aromatic heterocycles. The largest absolute Gasteiger partial charge is 0.355 e. The van der Waals surface area contributed by atoms with Crippen LogP contribution >= 0.6 is 0 Å². The van der Waals surface area contributed by atoms with Gasteiger partial charge in [0.2, 0.25) is 10.0 Å². The molecular formula is C20H27N7O2S. The molecule has 1 aliphatic heterocycles. The molecule has 1 saturated heterocycles. The second kappa shape index (κ2) is 7.51. The second-order valence-corrected chi connectivity index (χ2v) is 10.3. The Morgan fingerprint density at radius 1 is 1.20 bits per heavy atom. The Balaban J connectivity index is 1.48. The van der Waals surface area contributed by atoms with Gasteiger partial charge in [0.25, 0.3) is 0 Å². The quantitative estimate of drug-likeness (QED) is 0.640. The zero-order chi connectivity index (χ0) is 21.5. The normalized spacial score (nSPS) is 17.6. The number of anilines is 2. The van der Waals surface area contributed by atoms with Crippen LogP contribution in [0.5, 0.6) is 0 Å². The molecule has 160 valence electrons. The molecule has 0 aromatic carbocycles. The number of H-pyrrole nitrogens is 1. The van der Waals surface area contributed by atoms with Crippen molar-refractivity contribution in [2.24, 2.45) is 0 Å². The van der Waals surface area contributed by atoms with Gasteiger partial charge in [-0.2, -0.15) is 0 Å². The summed E-state index contributed by atoms with van der Waals surface area (Å²) in [5.74, 6) is 1.67. The number of nitrogens with zero attached hydrogens (tertiary/aromatic N) is 5. The maximum Gasteiger partial charge on any atom is 0.242 e. The van der Waals surface area contributed by atoms with Crippen LogP contribution in [0.3, 0.4) is 0 Å². The highest BCUT2D eigenvalue weighted by Crippen LogP contribution is 2.28. The molecule has 1 atom stereocenters. The molecular weight excluding hydrogens is 402 g/mol. The Kier molecular flexibility index (Phi) is 5.15. The van der Waals surface area contributed by atoms with Gasteiger partial charge >= 0.3 is 0 Å². The van der Waals surface area contributed by atoms with Crippen LogP contribution in [-0.4, -0.2) is 60.1 Å². The van der Waals surface area contributed by atoms with E-state index in [1.807, 2.05) is 40.1 Å². The molecule has 4 rings (SSSR count). The lowest BCUT2D eigenvalue weighted by Gasteiger charge is -2.26. The summed E-state index contributed by atoms with van der Waals surface area (Å²) in [7, 11) is -1.61. The van der Waals surface area contributed by atoms with E-state index < -0.39 is 15.6 Å². The minimum absolute atomic E-state index is 0.165. The highest BCUT2D eigenvalue weighted by molar-refractivity contribution is 7.89. The van der Waals surface area contributed by atoms with Crippen molar-refractivity contribution in [3.8, 4) is 0 Å². The molecule has 2 N–H and O–H groups in total. The highest BCUT2D eigenvalue weighted by atomic mass is 32.2. The van der Waals surface area contributed by atoms with Gasteiger partial charge < -0.3 is 14.8 Å². The first-order valence-electron chi connectivity index (χ1n) is 9.90. The Hall–Kier alpha value is -2.72. The summed E-state index contributed by atoms with van der Waals surface area (Å²) < 4.78 is 27.6. The van der Waals surface area contributed by atoms with Crippen molar-refractivity contribution < 1.29 is 8.42 Å². The standard InChI is InChI=1S/C20H27N7O2S/c1-20(2,3)25-30(28,29)15-5-6-17(22-11-15)26(4)14-8-10-27(12-14)19-16-7-9-21-18(16)23-13-24-19/h5-7,9,11,13-14,25H,8,10,12H2,1-4H3,(H,21,23,24)/t14-/m1/s1. The molecule has 0 aliphatic carbocycles. The van der Waals surface area contributed by atoms with Gasteiger partial charge in [-0.25, -0.2) is 28.1 Å². The van der Waals surface area contributed by atoms with E-state index in [2.05, 4.69) is 34.5 Å². The van der Waals surface area contributed by atoms with Crippen LogP contribution in [0.1, 0.15) is 27.2 Å². The SMILES string of the molecule is CN(c1ccc(S(=O)(=O)NC(C)(C)C)cn1)[C@@H]1CCN(c2ncnc3[nH]ccc23)C1. The molecule has 0 bridgehead atoms. The van der Waals surface area contributed by atoms with E-state index >= 15 is 0 Å². The first-order chi connectivity index (χ1) is 14.1. The van der Waals surface area contributed by atoms with Crippen LogP contribution in [0, 0.1) is 0 Å². The fourth-order valence-corrected chi connectivity index (χ4v) is 5.11. The highest BCUT2D eigenvalue weighted by Gasteiger charge is 2.29. The number of sulfonamides is 1. The average molecular weight is 430 g/mol. The second-order valence-electron chi connectivity index (χ2n) is 8.64. The summed E-state index contributed by atoms with van der Waals surface area (Å²) in [6.07, 6.45) is 5.83. The van der Waals surface area contributed by atoms with Crippen molar-refractivity contribution in [3.63, 3.8) is 0 Å². The molecule has 0 spiro atoms. The number of aromatic nitrogens is 4. The summed E-state index contributed by atoms with van der Waals surface area (Å²) in [4.78, 5) is 20.8. The summed E-state index contributed by atoms with van der Waals surface area (Å²) in [6, 6.07) is 5.60. The van der Waals surface area contributed by atoms with Crippen LogP contribution in [0.4, 0.5) is 11.6 Å². The van der Waals surface area contributed by atoms with Gasteiger partial charge in [0.15, 0.2) is 0 Å². The Bertz CT molecular complexity index is 1140. The Labute approximate surface area is 176 Å². The summed E-state index contributed by atoms with van der Waals surface area (Å²) in [5.41, 5.74) is 0.284. The molecule has 3 aromatic rings. The molecule has 4 heterocycles. The zero-order valence-electron chi connectivity index (χ0n) is 17.6. The Morgan fingerprint density at radius 3 is 2.70 bits per heavy atom. The molecule has 0 unspecified atom stereocenters. The van der Waals surface area contributed by atoms with E-state index in [4.69, 9.17) is 0 Å². The van der Waals surface area contributed by atoms with Crippen molar-refractivity contribution in [2.75, 3.05) is 29.9 Å². The van der Waals surface area contributed by atoms with Crippen molar-refractivity contribution in [1.82, 2.24) is 24.7 Å². The lowest BCUT2D eigenvalue weighted by molar-refractivity contribution is 0.491. The Morgan fingerprint density at radius 2 is 2.00 bits per heavy atom. The monoisotopic (exact) mass is 429 g/mol. The third kappa shape index (κ3) is 4.10. The van der Waals surface area contributed by atoms with Crippen molar-refractivity contribution >= 4 is 32.7 Å². The van der Waals surface area contributed by atoms with Crippen LogP contribution in [0.2, 0.25) is 0 Å². The fourth-order valence-electron chi connectivity index (χ4n) is 3.75. The van der Waals surface area contributed by atoms with Gasteiger partial charge in [0.05, 0.1) is 5.39 Å². The van der Waals surface area contributed by atoms with Gasteiger partial charge in [-0.15, -0.1) is 0 Å². The topological polar surface area (TPSA) is 107 Å². The lowest BCUT2D eigenvalue weighted by atomic mass is 10.1. The number of fused-ring (bicyclic) bond motifs is 1. The molecule has 1 fully saturated rings. The predicted octanol–water partition coefficient (Wildman–Crippen LogP) is 2.14. The number of rotatable bonds is 5. The minimum Gasteiger partial charge on any atom is -0.355 e. The average Bonchev–Trinajstić information content (AvgIpc) is 3.35. The third-order valence-electron chi connectivity index (χ3n) is 5.18. The lowest BCUT2D eigenvalue weighted by Crippen LogP contribution is -2.40. The number of hydrogen-bond acceptors (Lipinski definition) is 7. The van der Waals surface area contributed by atoms with Crippen LogP contribution < -0.4 is 14.5 Å². The molecule has 9 nitrogen and oxygen atoms in total. The number of pyridine rings is 1. The summed E-state index contributed by atoms with van der Waals surface area (Å²) >= 11 is 0. The van der Waals surface area contributed by atoms with E-state index in [-0.39, 0.29) is 10.9 Å². The van der Waals surface area contributed by atoms with Gasteiger partial charge in [0, 0.05) is 44.1 Å². The summed E-state index contributed by atoms with van der Waals surface area (Å²) in [6.45, 7) is 7.12. The van der Waals surface area contributed by atoms with Crippen LogP contribution in [0.25, 0.3) is 11.0 Å². The maximum atomic E-state index is 12.5. The molecule has 0 saturated carbocycles. The molecule has 0 amide bonds. The number of nitrogens with one attached hydrogen (secondary N) is 2. The van der Waals surface area contributed by atoms with E-state index in [0.29, 0.717) is 0 Å². The van der Waals surface area contributed by atoms with Gasteiger partial charge in [-0.1, -0.05) is 0 Å². The van der Waals surface area contributed by atoms with Crippen LogP contribution in [-0.2, 0) is 10.0 Å². The summed E-state index contributed by atoms with van der Waals surface area (Å²) in [5, 5.41) is 1.01. The predicted molar refractivity (Wildman–Crippen MR) is 117 cm³/mol. The number of aromatic amines is 1. The van der Waals surface area contributed by atoms with E-state index in [0.717, 1.165) is 42.2 Å². The minimum atomic E-state index is -3.60. The first kappa shape index (κ1) is 20.5. The van der Waals surface area contributed by atoms with E-state index in [1.54, 1.807) is 18.5 Å². The van der Waals surface area contributed by atoms with Gasteiger partial charge in [-0.05, 0) is 45.4 Å². The van der Waals surface area contributed by atoms with Gasteiger partial charge in [-0.3, -0.25) is 0 Å². The van der Waals surface area contributed by atoms with Crippen molar-refractivity contribution in [1.29, 1.82) is 0 Å². The molecule has 30 heavy (non-hydrogen) atoms. The van der Waals surface area contributed by atoms with Gasteiger partial charge in [0.1, 0.15) is 28.5 Å². The zero-order valence-corrected chi connectivity index (χ0v) is 18.4. The smallest absolute Gasteiger partial charge is 0.242 e. The fraction of sp³-hybridized carbons (Fsp3) is 0.450. The van der Waals surface area contributed by atoms with E-state index in [9.17, 15) is 8.42 Å².